The maximum Gasteiger partial charge on any atom is 0.141 e. The number of ether oxygens (including phenoxy) is 1. The third kappa shape index (κ3) is 3.26. The van der Waals surface area contributed by atoms with Crippen molar-refractivity contribution in [3.8, 4) is 0 Å². The van der Waals surface area contributed by atoms with Crippen LogP contribution in [0, 0.1) is 40.4 Å². The molecule has 30 heavy (non-hydrogen) atoms. The van der Waals surface area contributed by atoms with E-state index in [0.717, 1.165) is 64.1 Å². The molecule has 1 aliphatic heterocycles. The van der Waals surface area contributed by atoms with Crippen LogP contribution in [0.4, 0.5) is 0 Å². The van der Waals surface area contributed by atoms with Crippen molar-refractivity contribution in [2.75, 3.05) is 26.8 Å². The molecule has 5 aliphatic rings. The molecule has 0 aromatic carbocycles. The number of carbonyl (C=O) groups is 1. The van der Waals surface area contributed by atoms with E-state index < -0.39 is 0 Å². The number of hydrogen-bond donors (Lipinski definition) is 1. The molecule has 4 saturated carbocycles. The highest BCUT2D eigenvalue weighted by Gasteiger charge is 2.62. The number of fused-ring (bicyclic) bond motifs is 5. The Hall–Kier alpha value is -0.940. The number of rotatable bonds is 4. The fourth-order valence-corrected chi connectivity index (χ4v) is 8.42. The summed E-state index contributed by atoms with van der Waals surface area (Å²) in [5, 5.41) is 8.01. The Morgan fingerprint density at radius 2 is 1.97 bits per heavy atom. The van der Waals surface area contributed by atoms with E-state index in [-0.39, 0.29) is 11.5 Å². The molecular formula is C25H40N2O3. The summed E-state index contributed by atoms with van der Waals surface area (Å²) in [7, 11) is 1.85. The number of nitrogens with one attached hydrogen (secondary N) is 1. The zero-order valence-electron chi connectivity index (χ0n) is 19.1. The molecule has 168 valence electrons. The highest BCUT2D eigenvalue weighted by molar-refractivity contribution is 5.87. The predicted octanol–water partition coefficient (Wildman–Crippen LogP) is 4.21. The van der Waals surface area contributed by atoms with Gasteiger partial charge in [0.05, 0.1) is 5.71 Å². The minimum absolute atomic E-state index is 0.0492. The first-order valence-electron chi connectivity index (χ1n) is 12.4. The van der Waals surface area contributed by atoms with Gasteiger partial charge in [0, 0.05) is 38.5 Å². The number of methoxy groups -OCH3 is 1. The lowest BCUT2D eigenvalue weighted by Crippen LogP contribution is -2.57. The average Bonchev–Trinajstić information content (AvgIpc) is 3.35. The van der Waals surface area contributed by atoms with Gasteiger partial charge in [0.2, 0.25) is 0 Å². The first kappa shape index (κ1) is 20.9. The highest BCUT2D eigenvalue weighted by atomic mass is 16.6. The van der Waals surface area contributed by atoms with Crippen LogP contribution in [0.25, 0.3) is 0 Å². The Balaban J connectivity index is 1.38. The summed E-state index contributed by atoms with van der Waals surface area (Å²) in [6.45, 7) is 7.64. The SMILES string of the molecule is COC[C@H]1C[C@@H]2[C@H](CC[C@]3(C)C(=O)CC[C@@H]23)[C@@]2(C)CC/C(=N\O[C@@H]3CCNC3)CC12. The second-order valence-corrected chi connectivity index (χ2v) is 11.4. The van der Waals surface area contributed by atoms with E-state index in [1.165, 1.54) is 25.0 Å². The van der Waals surface area contributed by atoms with Crippen molar-refractivity contribution in [3.05, 3.63) is 0 Å². The van der Waals surface area contributed by atoms with E-state index in [4.69, 9.17) is 9.57 Å². The van der Waals surface area contributed by atoms with Gasteiger partial charge in [0.15, 0.2) is 0 Å². The van der Waals surface area contributed by atoms with Gasteiger partial charge in [0.25, 0.3) is 0 Å². The van der Waals surface area contributed by atoms with Crippen LogP contribution in [0.15, 0.2) is 5.16 Å². The first-order chi connectivity index (χ1) is 14.5. The van der Waals surface area contributed by atoms with Crippen LogP contribution < -0.4 is 5.32 Å². The van der Waals surface area contributed by atoms with Crippen LogP contribution >= 0.6 is 0 Å². The smallest absolute Gasteiger partial charge is 0.141 e. The van der Waals surface area contributed by atoms with Crippen molar-refractivity contribution in [3.63, 3.8) is 0 Å². The molecule has 5 rings (SSSR count). The number of carbonyl (C=O) groups excluding carboxylic acids is 1. The van der Waals surface area contributed by atoms with Gasteiger partial charge < -0.3 is 14.9 Å². The van der Waals surface area contributed by atoms with E-state index in [1.54, 1.807) is 0 Å². The lowest BCUT2D eigenvalue weighted by Gasteiger charge is -2.61. The molecular weight excluding hydrogens is 376 g/mol. The Labute approximate surface area is 181 Å². The van der Waals surface area contributed by atoms with Crippen molar-refractivity contribution >= 4 is 11.5 Å². The summed E-state index contributed by atoms with van der Waals surface area (Å²) in [5.74, 6) is 3.76. The topological polar surface area (TPSA) is 59.9 Å². The maximum atomic E-state index is 12.7. The summed E-state index contributed by atoms with van der Waals surface area (Å²) < 4.78 is 5.74. The van der Waals surface area contributed by atoms with Crippen LogP contribution in [-0.2, 0) is 14.4 Å². The minimum Gasteiger partial charge on any atom is -0.391 e. The second kappa shape index (κ2) is 7.88. The monoisotopic (exact) mass is 416 g/mol. The quantitative estimate of drug-likeness (QED) is 0.698. The van der Waals surface area contributed by atoms with Gasteiger partial charge in [-0.15, -0.1) is 0 Å². The number of hydrogen-bond acceptors (Lipinski definition) is 5. The molecule has 5 heteroatoms. The summed E-state index contributed by atoms with van der Waals surface area (Å²) in [6, 6.07) is 0. The third-order valence-electron chi connectivity index (χ3n) is 10.1. The van der Waals surface area contributed by atoms with Crippen LogP contribution in [0.1, 0.15) is 71.6 Å². The second-order valence-electron chi connectivity index (χ2n) is 11.4. The van der Waals surface area contributed by atoms with Gasteiger partial charge in [-0.25, -0.2) is 0 Å². The predicted molar refractivity (Wildman–Crippen MR) is 117 cm³/mol. The molecule has 5 nitrogen and oxygen atoms in total. The van der Waals surface area contributed by atoms with Gasteiger partial charge in [-0.2, -0.15) is 0 Å². The Morgan fingerprint density at radius 1 is 1.10 bits per heavy atom. The number of ketones is 1. The fraction of sp³-hybridized carbons (Fsp3) is 0.920. The van der Waals surface area contributed by atoms with Gasteiger partial charge in [-0.3, -0.25) is 4.79 Å². The molecule has 0 amide bonds. The van der Waals surface area contributed by atoms with E-state index in [0.29, 0.717) is 34.9 Å². The van der Waals surface area contributed by atoms with Crippen LogP contribution in [-0.4, -0.2) is 44.4 Å². The lowest BCUT2D eigenvalue weighted by molar-refractivity contribution is -0.145. The van der Waals surface area contributed by atoms with Gasteiger partial charge in [0.1, 0.15) is 11.9 Å². The van der Waals surface area contributed by atoms with E-state index >= 15 is 0 Å². The molecule has 1 saturated heterocycles. The maximum absolute atomic E-state index is 12.7. The average molecular weight is 417 g/mol. The van der Waals surface area contributed by atoms with E-state index in [1.807, 2.05) is 7.11 Å². The van der Waals surface area contributed by atoms with Crippen molar-refractivity contribution in [2.24, 2.45) is 45.6 Å². The fourth-order valence-electron chi connectivity index (χ4n) is 8.42. The zero-order chi connectivity index (χ0) is 20.9. The molecule has 1 unspecified atom stereocenters. The van der Waals surface area contributed by atoms with Crippen molar-refractivity contribution in [2.45, 2.75) is 77.7 Å². The Bertz CT molecular complexity index is 703. The van der Waals surface area contributed by atoms with Crippen LogP contribution in [0.5, 0.6) is 0 Å². The molecule has 0 radical (unpaired) electrons. The number of Topliss-reactive ketones (excluding diaryl/α,β-unsaturated/α-hetero) is 1. The molecule has 0 aromatic heterocycles. The molecule has 4 aliphatic carbocycles. The van der Waals surface area contributed by atoms with Crippen LogP contribution in [0.3, 0.4) is 0 Å². The number of oxime groups is 1. The van der Waals surface area contributed by atoms with Crippen LogP contribution in [0.2, 0.25) is 0 Å². The molecule has 1 heterocycles. The van der Waals surface area contributed by atoms with Crippen molar-refractivity contribution < 1.29 is 14.4 Å². The largest absolute Gasteiger partial charge is 0.391 e. The highest BCUT2D eigenvalue weighted by Crippen LogP contribution is 2.66. The summed E-state index contributed by atoms with van der Waals surface area (Å²) in [5.41, 5.74) is 1.56. The van der Waals surface area contributed by atoms with Gasteiger partial charge in [-0.05, 0) is 86.5 Å². The van der Waals surface area contributed by atoms with Crippen molar-refractivity contribution in [1.82, 2.24) is 5.32 Å². The summed E-state index contributed by atoms with van der Waals surface area (Å²) >= 11 is 0. The summed E-state index contributed by atoms with van der Waals surface area (Å²) in [6.07, 6.45) is 10.1. The molecule has 0 spiro atoms. The van der Waals surface area contributed by atoms with E-state index in [2.05, 4.69) is 24.3 Å². The molecule has 0 bridgehead atoms. The van der Waals surface area contributed by atoms with E-state index in [9.17, 15) is 4.79 Å². The molecule has 5 fully saturated rings. The molecule has 0 aromatic rings. The standard InChI is InChI=1S/C25H40N2O3/c1-24-9-6-17(27-30-18-8-11-26-14-18)13-22(24)16(15-29-3)12-19-20-4-5-23(28)25(20,2)10-7-21(19)24/h16,18-22,26H,4-15H2,1-3H3/b27-17+/t16-,18-,19+,20+,21+,22?,24-,25+/m1/s1. The minimum atomic E-state index is -0.0492. The molecule has 1 N–H and O–H groups in total. The Morgan fingerprint density at radius 3 is 2.73 bits per heavy atom. The first-order valence-corrected chi connectivity index (χ1v) is 12.4. The third-order valence-corrected chi connectivity index (χ3v) is 10.1. The normalized spacial score (nSPS) is 49.6. The number of nitrogens with zero attached hydrogens (tertiary/aromatic N) is 1. The zero-order valence-corrected chi connectivity index (χ0v) is 19.1. The van der Waals surface area contributed by atoms with Crippen molar-refractivity contribution in [1.29, 1.82) is 0 Å². The Kier molecular flexibility index (Phi) is 5.50. The molecule has 8 atom stereocenters. The lowest BCUT2D eigenvalue weighted by atomic mass is 9.43. The van der Waals surface area contributed by atoms with Gasteiger partial charge in [-0.1, -0.05) is 19.0 Å². The summed E-state index contributed by atoms with van der Waals surface area (Å²) in [4.78, 5) is 18.6. The van der Waals surface area contributed by atoms with Gasteiger partial charge >= 0.3 is 0 Å².